The quantitative estimate of drug-likeness (QED) is 0.676. The van der Waals surface area contributed by atoms with Gasteiger partial charge < -0.3 is 15.7 Å². The summed E-state index contributed by atoms with van der Waals surface area (Å²) in [6.45, 7) is 2.44. The Kier molecular flexibility index (Phi) is 8.24. The van der Waals surface area contributed by atoms with Crippen LogP contribution in [-0.2, 0) is 9.59 Å². The molecule has 1 unspecified atom stereocenters. The van der Waals surface area contributed by atoms with Crippen LogP contribution in [0.3, 0.4) is 0 Å². The van der Waals surface area contributed by atoms with E-state index in [1.807, 2.05) is 6.92 Å². The highest BCUT2D eigenvalue weighted by atomic mass is 35.5. The minimum absolute atomic E-state index is 0.0173. The Balaban J connectivity index is 2.36. The number of rotatable bonds is 8. The molecule has 122 valence electrons. The van der Waals surface area contributed by atoms with Gasteiger partial charge in [-0.15, -0.1) is 0 Å². The highest BCUT2D eigenvalue weighted by Crippen LogP contribution is 2.29. The third-order valence-corrected chi connectivity index (χ3v) is 3.67. The van der Waals surface area contributed by atoms with Gasteiger partial charge in [-0.2, -0.15) is 0 Å². The standard InChI is InChI=1S/C15H20Cl2N2O3/c1-2-18-13(21)7-4-8-14(22)19-9-12(20)15-10(16)5-3-6-11(15)17/h3,5-6,12,20H,2,4,7-9H2,1H3,(H,18,21)(H,19,22). The van der Waals surface area contributed by atoms with Crippen LogP contribution in [0, 0.1) is 0 Å². The molecule has 1 atom stereocenters. The SMILES string of the molecule is CCNC(=O)CCCC(=O)NCC(O)c1c(Cl)cccc1Cl. The van der Waals surface area contributed by atoms with Crippen molar-refractivity contribution >= 4 is 35.0 Å². The minimum atomic E-state index is -0.978. The molecule has 0 saturated carbocycles. The Morgan fingerprint density at radius 2 is 1.68 bits per heavy atom. The molecule has 3 N–H and O–H groups in total. The lowest BCUT2D eigenvalue weighted by molar-refractivity contribution is -0.122. The maximum Gasteiger partial charge on any atom is 0.220 e. The summed E-state index contributed by atoms with van der Waals surface area (Å²) in [7, 11) is 0. The number of halogens is 2. The molecule has 0 aromatic heterocycles. The highest BCUT2D eigenvalue weighted by molar-refractivity contribution is 6.36. The molecule has 5 nitrogen and oxygen atoms in total. The lowest BCUT2D eigenvalue weighted by Crippen LogP contribution is -2.29. The number of amides is 2. The van der Waals surface area contributed by atoms with Gasteiger partial charge in [0.25, 0.3) is 0 Å². The van der Waals surface area contributed by atoms with Gasteiger partial charge in [0.15, 0.2) is 0 Å². The van der Waals surface area contributed by atoms with Crippen molar-refractivity contribution in [3.63, 3.8) is 0 Å². The smallest absolute Gasteiger partial charge is 0.220 e. The minimum Gasteiger partial charge on any atom is -0.386 e. The van der Waals surface area contributed by atoms with Gasteiger partial charge in [-0.25, -0.2) is 0 Å². The topological polar surface area (TPSA) is 78.4 Å². The molecule has 0 radical (unpaired) electrons. The summed E-state index contributed by atoms with van der Waals surface area (Å²) < 4.78 is 0. The van der Waals surface area contributed by atoms with E-state index in [1.54, 1.807) is 18.2 Å². The monoisotopic (exact) mass is 346 g/mol. The molecule has 1 rings (SSSR count). The fourth-order valence-corrected chi connectivity index (χ4v) is 2.57. The normalized spacial score (nSPS) is 11.8. The number of carbonyl (C=O) groups is 2. The summed E-state index contributed by atoms with van der Waals surface area (Å²) in [5.74, 6) is -0.301. The summed E-state index contributed by atoms with van der Waals surface area (Å²) in [6, 6.07) is 4.93. The second kappa shape index (κ2) is 9.66. The second-order valence-corrected chi connectivity index (χ2v) is 5.58. The van der Waals surface area contributed by atoms with Gasteiger partial charge in [-0.1, -0.05) is 29.3 Å². The molecule has 1 aromatic rings. The molecule has 0 bridgehead atoms. The van der Waals surface area contributed by atoms with Gasteiger partial charge in [0.2, 0.25) is 11.8 Å². The number of benzene rings is 1. The zero-order chi connectivity index (χ0) is 16.5. The molecule has 1 aromatic carbocycles. The Bertz CT molecular complexity index is 503. The first-order valence-electron chi connectivity index (χ1n) is 7.11. The van der Waals surface area contributed by atoms with E-state index in [1.165, 1.54) is 0 Å². The Morgan fingerprint density at radius 3 is 2.23 bits per heavy atom. The van der Waals surface area contributed by atoms with Gasteiger partial charge in [-0.05, 0) is 25.5 Å². The van der Waals surface area contributed by atoms with Crippen LogP contribution in [-0.4, -0.2) is 30.0 Å². The molecule has 0 aliphatic heterocycles. The van der Waals surface area contributed by atoms with Crippen LogP contribution in [0.4, 0.5) is 0 Å². The molecule has 0 heterocycles. The lowest BCUT2D eigenvalue weighted by atomic mass is 10.1. The number of aliphatic hydroxyl groups is 1. The first-order valence-corrected chi connectivity index (χ1v) is 7.86. The molecular weight excluding hydrogens is 327 g/mol. The molecule has 0 saturated heterocycles. The number of hydrogen-bond donors (Lipinski definition) is 3. The van der Waals surface area contributed by atoms with Gasteiger partial charge in [0, 0.05) is 41.5 Å². The van der Waals surface area contributed by atoms with Crippen molar-refractivity contribution < 1.29 is 14.7 Å². The van der Waals surface area contributed by atoms with E-state index in [0.717, 1.165) is 0 Å². The maximum atomic E-state index is 11.7. The van der Waals surface area contributed by atoms with Crippen molar-refractivity contribution in [1.29, 1.82) is 0 Å². The molecule has 0 aliphatic rings. The lowest BCUT2D eigenvalue weighted by Gasteiger charge is -2.15. The summed E-state index contributed by atoms with van der Waals surface area (Å²) >= 11 is 12.0. The number of nitrogens with one attached hydrogen (secondary N) is 2. The van der Waals surface area contributed by atoms with E-state index < -0.39 is 6.10 Å². The third-order valence-electron chi connectivity index (χ3n) is 3.01. The van der Waals surface area contributed by atoms with Crippen molar-refractivity contribution in [2.24, 2.45) is 0 Å². The zero-order valence-electron chi connectivity index (χ0n) is 12.4. The van der Waals surface area contributed by atoms with E-state index in [4.69, 9.17) is 23.2 Å². The largest absolute Gasteiger partial charge is 0.386 e. The van der Waals surface area contributed by atoms with E-state index in [9.17, 15) is 14.7 Å². The zero-order valence-corrected chi connectivity index (χ0v) is 13.9. The molecule has 7 heteroatoms. The predicted molar refractivity (Wildman–Crippen MR) is 87.0 cm³/mol. The van der Waals surface area contributed by atoms with Crippen LogP contribution in [0.25, 0.3) is 0 Å². The second-order valence-electron chi connectivity index (χ2n) is 4.76. The first-order chi connectivity index (χ1) is 10.5. The van der Waals surface area contributed by atoms with Crippen molar-refractivity contribution in [2.45, 2.75) is 32.3 Å². The number of aliphatic hydroxyl groups excluding tert-OH is 1. The predicted octanol–water partition coefficient (Wildman–Crippen LogP) is 2.45. The fraction of sp³-hybridized carbons (Fsp3) is 0.467. The fourth-order valence-electron chi connectivity index (χ4n) is 1.93. The van der Waals surface area contributed by atoms with E-state index in [0.29, 0.717) is 35.0 Å². The van der Waals surface area contributed by atoms with Crippen LogP contribution < -0.4 is 10.6 Å². The third kappa shape index (κ3) is 6.22. The molecule has 0 fully saturated rings. The molecule has 0 spiro atoms. The van der Waals surface area contributed by atoms with Gasteiger partial charge in [0.05, 0.1) is 6.10 Å². The van der Waals surface area contributed by atoms with E-state index in [-0.39, 0.29) is 24.8 Å². The summed E-state index contributed by atoms with van der Waals surface area (Å²) in [5, 5.41) is 16.0. The van der Waals surface area contributed by atoms with E-state index >= 15 is 0 Å². The summed E-state index contributed by atoms with van der Waals surface area (Å²) in [6.07, 6.45) is 0.00878. The van der Waals surface area contributed by atoms with Crippen molar-refractivity contribution in [2.75, 3.05) is 13.1 Å². The van der Waals surface area contributed by atoms with Gasteiger partial charge in [-0.3, -0.25) is 9.59 Å². The molecule has 22 heavy (non-hydrogen) atoms. The van der Waals surface area contributed by atoms with Crippen LogP contribution in [0.15, 0.2) is 18.2 Å². The molecule has 0 aliphatic carbocycles. The Hall–Kier alpha value is -1.30. The first kappa shape index (κ1) is 18.7. The highest BCUT2D eigenvalue weighted by Gasteiger charge is 2.16. The van der Waals surface area contributed by atoms with Crippen molar-refractivity contribution in [1.82, 2.24) is 10.6 Å². The van der Waals surface area contributed by atoms with Gasteiger partial charge >= 0.3 is 0 Å². The van der Waals surface area contributed by atoms with Crippen molar-refractivity contribution in [3.05, 3.63) is 33.8 Å². The summed E-state index contributed by atoms with van der Waals surface area (Å²) in [4.78, 5) is 22.9. The maximum absolute atomic E-state index is 11.7. The van der Waals surface area contributed by atoms with Crippen LogP contribution >= 0.6 is 23.2 Å². The molecular formula is C15H20Cl2N2O3. The number of hydrogen-bond acceptors (Lipinski definition) is 3. The Labute approximate surface area is 140 Å². The van der Waals surface area contributed by atoms with Crippen LogP contribution in [0.1, 0.15) is 37.9 Å². The summed E-state index contributed by atoms with van der Waals surface area (Å²) in [5.41, 5.74) is 0.397. The number of carbonyl (C=O) groups excluding carboxylic acids is 2. The van der Waals surface area contributed by atoms with Crippen LogP contribution in [0.2, 0.25) is 10.0 Å². The van der Waals surface area contributed by atoms with Crippen LogP contribution in [0.5, 0.6) is 0 Å². The average molecular weight is 347 g/mol. The van der Waals surface area contributed by atoms with Gasteiger partial charge in [0.1, 0.15) is 0 Å². The average Bonchev–Trinajstić information content (AvgIpc) is 2.45. The van der Waals surface area contributed by atoms with E-state index in [2.05, 4.69) is 10.6 Å². The van der Waals surface area contributed by atoms with Crippen molar-refractivity contribution in [3.8, 4) is 0 Å². The molecule has 2 amide bonds. The Morgan fingerprint density at radius 1 is 1.14 bits per heavy atom.